The van der Waals surface area contributed by atoms with Gasteiger partial charge < -0.3 is 20.5 Å². The van der Waals surface area contributed by atoms with Crippen LogP contribution in [0.15, 0.2) is 59.4 Å². The van der Waals surface area contributed by atoms with E-state index in [1.807, 2.05) is 30.3 Å². The van der Waals surface area contributed by atoms with E-state index in [4.69, 9.17) is 0 Å². The molecule has 5 heteroatoms. The molecule has 0 aliphatic rings. The van der Waals surface area contributed by atoms with Gasteiger partial charge >= 0.3 is 0 Å². The van der Waals surface area contributed by atoms with Crippen LogP contribution in [0.2, 0.25) is 0 Å². The summed E-state index contributed by atoms with van der Waals surface area (Å²) in [5.74, 6) is -0.0128. The second kappa shape index (κ2) is 6.70. The minimum Gasteiger partial charge on any atom is -0.506 e. The Kier molecular flexibility index (Phi) is 4.61. The molecule has 5 nitrogen and oxygen atoms in total. The van der Waals surface area contributed by atoms with Crippen molar-refractivity contribution in [3.8, 4) is 5.75 Å². The van der Waals surface area contributed by atoms with Gasteiger partial charge in [0.2, 0.25) is 5.56 Å². The first-order valence-corrected chi connectivity index (χ1v) is 8.22. The quantitative estimate of drug-likeness (QED) is 0.576. The smallest absolute Gasteiger partial charge is 0.248 e. The van der Waals surface area contributed by atoms with Crippen molar-refractivity contribution >= 4 is 10.9 Å². The molecular weight excluding hydrogens is 316 g/mol. The van der Waals surface area contributed by atoms with E-state index in [0.29, 0.717) is 23.0 Å². The Morgan fingerprint density at radius 1 is 1.08 bits per heavy atom. The third-order valence-electron chi connectivity index (χ3n) is 4.50. The molecule has 0 aliphatic heterocycles. The van der Waals surface area contributed by atoms with E-state index in [-0.39, 0.29) is 16.8 Å². The van der Waals surface area contributed by atoms with Crippen molar-refractivity contribution in [2.75, 3.05) is 6.54 Å². The highest BCUT2D eigenvalue weighted by atomic mass is 16.3. The summed E-state index contributed by atoms with van der Waals surface area (Å²) in [4.78, 5) is 14.1. The van der Waals surface area contributed by atoms with Crippen molar-refractivity contribution in [2.45, 2.75) is 25.5 Å². The van der Waals surface area contributed by atoms with E-state index in [1.165, 1.54) is 12.1 Å². The van der Waals surface area contributed by atoms with Gasteiger partial charge in [-0.3, -0.25) is 4.79 Å². The molecule has 0 saturated heterocycles. The van der Waals surface area contributed by atoms with E-state index >= 15 is 0 Å². The SMILES string of the molecule is CC(C)(NCC(O)c1ccc(O)c2[nH]c(=O)ccc12)c1ccccc1. The van der Waals surface area contributed by atoms with Crippen LogP contribution < -0.4 is 10.9 Å². The number of aromatic nitrogens is 1. The summed E-state index contributed by atoms with van der Waals surface area (Å²) >= 11 is 0. The molecule has 130 valence electrons. The van der Waals surface area contributed by atoms with E-state index < -0.39 is 6.10 Å². The number of aliphatic hydroxyl groups is 1. The fourth-order valence-electron chi connectivity index (χ4n) is 2.97. The Morgan fingerprint density at radius 3 is 2.52 bits per heavy atom. The Bertz CT molecular complexity index is 933. The highest BCUT2D eigenvalue weighted by Crippen LogP contribution is 2.29. The van der Waals surface area contributed by atoms with E-state index in [0.717, 1.165) is 5.56 Å². The molecule has 25 heavy (non-hydrogen) atoms. The molecule has 0 amide bonds. The van der Waals surface area contributed by atoms with Crippen molar-refractivity contribution in [1.82, 2.24) is 10.3 Å². The van der Waals surface area contributed by atoms with Crippen LogP contribution in [-0.4, -0.2) is 21.7 Å². The average molecular weight is 338 g/mol. The number of aliphatic hydroxyl groups excluding tert-OH is 1. The number of pyridine rings is 1. The molecule has 4 N–H and O–H groups in total. The van der Waals surface area contributed by atoms with E-state index in [9.17, 15) is 15.0 Å². The zero-order valence-corrected chi connectivity index (χ0v) is 14.3. The summed E-state index contributed by atoms with van der Waals surface area (Å²) in [7, 11) is 0. The van der Waals surface area contributed by atoms with Crippen molar-refractivity contribution in [2.24, 2.45) is 0 Å². The number of hydrogen-bond acceptors (Lipinski definition) is 4. The molecule has 0 fully saturated rings. The standard InChI is InChI=1S/C20H22N2O3/c1-20(2,13-6-4-3-5-7-13)21-12-17(24)14-8-10-16(23)19-15(14)9-11-18(25)22-19/h3-11,17,21,23-24H,12H2,1-2H3,(H,22,25). The first-order valence-electron chi connectivity index (χ1n) is 8.22. The number of nitrogens with one attached hydrogen (secondary N) is 2. The largest absolute Gasteiger partial charge is 0.506 e. The minimum absolute atomic E-state index is 0.0128. The average Bonchev–Trinajstić information content (AvgIpc) is 2.61. The summed E-state index contributed by atoms with van der Waals surface area (Å²) in [5.41, 5.74) is 1.52. The number of aromatic hydroxyl groups is 1. The van der Waals surface area contributed by atoms with Crippen LogP contribution in [0.4, 0.5) is 0 Å². The molecule has 3 rings (SSSR count). The second-order valence-corrected chi connectivity index (χ2v) is 6.67. The predicted octanol–water partition coefficient (Wildman–Crippen LogP) is 2.79. The minimum atomic E-state index is -0.781. The van der Waals surface area contributed by atoms with Gasteiger partial charge in [-0.25, -0.2) is 0 Å². The molecule has 0 spiro atoms. The molecule has 1 heterocycles. The molecule has 3 aromatic rings. The number of fused-ring (bicyclic) bond motifs is 1. The number of rotatable bonds is 5. The summed E-state index contributed by atoms with van der Waals surface area (Å²) in [6.07, 6.45) is -0.781. The van der Waals surface area contributed by atoms with Crippen molar-refractivity contribution in [3.63, 3.8) is 0 Å². The Labute approximate surface area is 146 Å². The van der Waals surface area contributed by atoms with Crippen molar-refractivity contribution in [3.05, 3.63) is 76.1 Å². The predicted molar refractivity (Wildman–Crippen MR) is 98.7 cm³/mol. The highest BCUT2D eigenvalue weighted by Gasteiger charge is 2.22. The molecule has 1 unspecified atom stereocenters. The van der Waals surface area contributed by atoms with Crippen LogP contribution >= 0.6 is 0 Å². The van der Waals surface area contributed by atoms with E-state index in [1.54, 1.807) is 12.1 Å². The Morgan fingerprint density at radius 2 is 1.80 bits per heavy atom. The van der Waals surface area contributed by atoms with Gasteiger partial charge in [-0.05, 0) is 37.1 Å². The first-order chi connectivity index (χ1) is 11.9. The fourth-order valence-corrected chi connectivity index (χ4v) is 2.97. The van der Waals surface area contributed by atoms with Crippen LogP contribution in [0.5, 0.6) is 5.75 Å². The lowest BCUT2D eigenvalue weighted by molar-refractivity contribution is 0.162. The monoisotopic (exact) mass is 338 g/mol. The zero-order chi connectivity index (χ0) is 18.0. The van der Waals surface area contributed by atoms with Crippen molar-refractivity contribution in [1.29, 1.82) is 0 Å². The lowest BCUT2D eigenvalue weighted by Crippen LogP contribution is -2.39. The van der Waals surface area contributed by atoms with Crippen LogP contribution in [0.3, 0.4) is 0 Å². The van der Waals surface area contributed by atoms with Gasteiger partial charge in [0.25, 0.3) is 0 Å². The van der Waals surface area contributed by atoms with Gasteiger partial charge in [0.15, 0.2) is 0 Å². The van der Waals surface area contributed by atoms with Crippen LogP contribution in [0.25, 0.3) is 10.9 Å². The summed E-state index contributed by atoms with van der Waals surface area (Å²) < 4.78 is 0. The molecule has 0 aliphatic carbocycles. The van der Waals surface area contributed by atoms with Gasteiger partial charge in [-0.2, -0.15) is 0 Å². The summed E-state index contributed by atoms with van der Waals surface area (Å²) in [5, 5.41) is 24.6. The number of H-pyrrole nitrogens is 1. The van der Waals surface area contributed by atoms with Gasteiger partial charge in [0, 0.05) is 23.5 Å². The molecule has 2 aromatic carbocycles. The molecule has 1 atom stereocenters. The molecular formula is C20H22N2O3. The van der Waals surface area contributed by atoms with Crippen LogP contribution in [0, 0.1) is 0 Å². The fraction of sp³-hybridized carbons (Fsp3) is 0.250. The van der Waals surface area contributed by atoms with Crippen molar-refractivity contribution < 1.29 is 10.2 Å². The maximum Gasteiger partial charge on any atom is 0.248 e. The second-order valence-electron chi connectivity index (χ2n) is 6.67. The van der Waals surface area contributed by atoms with E-state index in [2.05, 4.69) is 24.1 Å². The van der Waals surface area contributed by atoms with Gasteiger partial charge in [0.05, 0.1) is 11.6 Å². The first kappa shape index (κ1) is 17.2. The third kappa shape index (κ3) is 3.57. The Hall–Kier alpha value is -2.63. The number of aromatic amines is 1. The third-order valence-corrected chi connectivity index (χ3v) is 4.50. The molecule has 1 aromatic heterocycles. The van der Waals surface area contributed by atoms with Gasteiger partial charge in [0.1, 0.15) is 5.75 Å². The van der Waals surface area contributed by atoms with Crippen LogP contribution in [0.1, 0.15) is 31.1 Å². The number of phenols is 1. The number of phenolic OH excluding ortho intramolecular Hbond substituents is 1. The molecule has 0 radical (unpaired) electrons. The maximum atomic E-state index is 11.5. The Balaban J connectivity index is 1.85. The van der Waals surface area contributed by atoms with Gasteiger partial charge in [-0.15, -0.1) is 0 Å². The zero-order valence-electron chi connectivity index (χ0n) is 14.3. The normalized spacial score (nSPS) is 13.1. The van der Waals surface area contributed by atoms with Crippen LogP contribution in [-0.2, 0) is 5.54 Å². The highest BCUT2D eigenvalue weighted by molar-refractivity contribution is 5.87. The molecule has 0 saturated carbocycles. The summed E-state index contributed by atoms with van der Waals surface area (Å²) in [6.45, 7) is 4.45. The lowest BCUT2D eigenvalue weighted by atomic mass is 9.93. The number of benzene rings is 2. The molecule has 0 bridgehead atoms. The lowest BCUT2D eigenvalue weighted by Gasteiger charge is -2.28. The summed E-state index contributed by atoms with van der Waals surface area (Å²) in [6, 6.07) is 16.2. The topological polar surface area (TPSA) is 85.3 Å². The number of hydrogen-bond donors (Lipinski definition) is 4. The maximum absolute atomic E-state index is 11.5. The van der Waals surface area contributed by atoms with Gasteiger partial charge in [-0.1, -0.05) is 36.4 Å².